The van der Waals surface area contributed by atoms with Crippen molar-refractivity contribution >= 4 is 5.91 Å². The van der Waals surface area contributed by atoms with E-state index >= 15 is 0 Å². The van der Waals surface area contributed by atoms with Gasteiger partial charge in [-0.25, -0.2) is 0 Å². The molecule has 7 nitrogen and oxygen atoms in total. The minimum atomic E-state index is -0.0924. The monoisotopic (exact) mass is 342 g/mol. The normalized spacial score (nSPS) is 21.6. The molecule has 4 rings (SSSR count). The molecule has 2 fully saturated rings. The first-order valence-corrected chi connectivity index (χ1v) is 8.79. The van der Waals surface area contributed by atoms with Gasteiger partial charge < -0.3 is 14.1 Å². The summed E-state index contributed by atoms with van der Waals surface area (Å²) in [4.78, 5) is 16.9. The Morgan fingerprint density at radius 1 is 1.12 bits per heavy atom. The molecule has 2 aliphatic rings. The number of nitrogens with zero attached hydrogens (tertiary/aromatic N) is 4. The second-order valence-corrected chi connectivity index (χ2v) is 6.43. The van der Waals surface area contributed by atoms with Crippen molar-refractivity contribution in [3.8, 4) is 11.5 Å². The molecule has 1 unspecified atom stereocenters. The summed E-state index contributed by atoms with van der Waals surface area (Å²) in [6, 6.07) is 9.63. The van der Waals surface area contributed by atoms with E-state index < -0.39 is 0 Å². The molecule has 2 aromatic rings. The average molecular weight is 342 g/mol. The third kappa shape index (κ3) is 3.57. The van der Waals surface area contributed by atoms with Gasteiger partial charge in [0.15, 0.2) is 0 Å². The third-order valence-corrected chi connectivity index (χ3v) is 4.80. The Hall–Kier alpha value is -2.25. The van der Waals surface area contributed by atoms with Crippen molar-refractivity contribution in [2.24, 2.45) is 0 Å². The number of carbonyl (C=O) groups is 1. The van der Waals surface area contributed by atoms with E-state index in [9.17, 15) is 4.79 Å². The molecule has 1 aromatic carbocycles. The van der Waals surface area contributed by atoms with Crippen molar-refractivity contribution in [1.82, 2.24) is 20.0 Å². The zero-order valence-corrected chi connectivity index (χ0v) is 14.1. The van der Waals surface area contributed by atoms with Crippen molar-refractivity contribution in [2.45, 2.75) is 25.4 Å². The van der Waals surface area contributed by atoms with E-state index in [1.807, 2.05) is 35.2 Å². The van der Waals surface area contributed by atoms with Crippen LogP contribution in [0.2, 0.25) is 0 Å². The Kier molecular flexibility index (Phi) is 4.76. The topological polar surface area (TPSA) is 71.7 Å². The Labute approximate surface area is 146 Å². The lowest BCUT2D eigenvalue weighted by Crippen LogP contribution is -2.49. The van der Waals surface area contributed by atoms with Crippen molar-refractivity contribution in [2.75, 3.05) is 32.8 Å². The van der Waals surface area contributed by atoms with E-state index in [-0.39, 0.29) is 11.9 Å². The van der Waals surface area contributed by atoms with Gasteiger partial charge in [0.2, 0.25) is 17.7 Å². The summed E-state index contributed by atoms with van der Waals surface area (Å²) in [5.74, 6) is 1.27. The van der Waals surface area contributed by atoms with Crippen LogP contribution in [0.15, 0.2) is 34.7 Å². The van der Waals surface area contributed by atoms with Gasteiger partial charge in [-0.05, 0) is 31.5 Å². The van der Waals surface area contributed by atoms with Crippen LogP contribution in [0.1, 0.15) is 18.7 Å². The van der Waals surface area contributed by atoms with E-state index in [1.165, 1.54) is 0 Å². The second-order valence-electron chi connectivity index (χ2n) is 6.43. The zero-order chi connectivity index (χ0) is 17.1. The van der Waals surface area contributed by atoms with Gasteiger partial charge >= 0.3 is 0 Å². The Morgan fingerprint density at radius 2 is 1.92 bits per heavy atom. The van der Waals surface area contributed by atoms with Crippen LogP contribution < -0.4 is 0 Å². The number of hydrogen-bond acceptors (Lipinski definition) is 6. The van der Waals surface area contributed by atoms with Gasteiger partial charge in [0, 0.05) is 18.7 Å². The lowest BCUT2D eigenvalue weighted by Gasteiger charge is -2.32. The van der Waals surface area contributed by atoms with Crippen molar-refractivity contribution in [1.29, 1.82) is 0 Å². The van der Waals surface area contributed by atoms with Gasteiger partial charge in [-0.3, -0.25) is 9.69 Å². The Bertz CT molecular complexity index is 712. The molecule has 0 spiro atoms. The van der Waals surface area contributed by atoms with Crippen LogP contribution in [0.25, 0.3) is 11.5 Å². The SMILES string of the molecule is O=C(C1CCCN1Cc1nnc(-c2ccccc2)o1)N1CCOCC1. The number of amides is 1. The number of benzene rings is 1. The lowest BCUT2D eigenvalue weighted by atomic mass is 10.2. The molecule has 0 radical (unpaired) electrons. The molecule has 1 atom stereocenters. The molecule has 0 bridgehead atoms. The molecule has 1 aromatic heterocycles. The number of carbonyl (C=O) groups excluding carboxylic acids is 1. The van der Waals surface area contributed by atoms with Crippen LogP contribution in [-0.4, -0.2) is 64.8 Å². The molecular formula is C18H22N4O3. The average Bonchev–Trinajstić information content (AvgIpc) is 3.33. The molecule has 2 aliphatic heterocycles. The molecule has 7 heteroatoms. The Balaban J connectivity index is 1.43. The molecule has 25 heavy (non-hydrogen) atoms. The molecule has 0 N–H and O–H groups in total. The van der Waals surface area contributed by atoms with Gasteiger partial charge in [-0.2, -0.15) is 0 Å². The van der Waals surface area contributed by atoms with Crippen LogP contribution >= 0.6 is 0 Å². The maximum absolute atomic E-state index is 12.8. The van der Waals surface area contributed by atoms with Crippen molar-refractivity contribution in [3.05, 3.63) is 36.2 Å². The standard InChI is InChI=1S/C18H22N4O3/c23-18(21-9-11-24-12-10-21)15-7-4-8-22(15)13-16-19-20-17(25-16)14-5-2-1-3-6-14/h1-3,5-6,15H,4,7-13H2. The third-order valence-electron chi connectivity index (χ3n) is 4.80. The zero-order valence-electron chi connectivity index (χ0n) is 14.1. The molecule has 2 saturated heterocycles. The van der Waals surface area contributed by atoms with E-state index in [2.05, 4.69) is 15.1 Å². The van der Waals surface area contributed by atoms with Crippen molar-refractivity contribution in [3.63, 3.8) is 0 Å². The maximum Gasteiger partial charge on any atom is 0.247 e. The smallest absolute Gasteiger partial charge is 0.247 e. The number of rotatable bonds is 4. The summed E-state index contributed by atoms with van der Waals surface area (Å²) < 4.78 is 11.1. The van der Waals surface area contributed by atoms with Gasteiger partial charge in [-0.1, -0.05) is 18.2 Å². The Morgan fingerprint density at radius 3 is 2.72 bits per heavy atom. The molecule has 132 valence electrons. The highest BCUT2D eigenvalue weighted by Crippen LogP contribution is 2.23. The minimum Gasteiger partial charge on any atom is -0.419 e. The number of likely N-dealkylation sites (tertiary alicyclic amines) is 1. The van der Waals surface area contributed by atoms with Gasteiger partial charge in [0.05, 0.1) is 25.8 Å². The second kappa shape index (κ2) is 7.33. The summed E-state index contributed by atoms with van der Waals surface area (Å²) in [6.07, 6.45) is 1.90. The highest BCUT2D eigenvalue weighted by atomic mass is 16.5. The van der Waals surface area contributed by atoms with Crippen molar-refractivity contribution < 1.29 is 13.9 Å². The molecule has 3 heterocycles. The van der Waals surface area contributed by atoms with Crippen LogP contribution in [0.4, 0.5) is 0 Å². The highest BCUT2D eigenvalue weighted by molar-refractivity contribution is 5.82. The predicted octanol–water partition coefficient (Wildman–Crippen LogP) is 1.56. The minimum absolute atomic E-state index is 0.0924. The first kappa shape index (κ1) is 16.2. The quantitative estimate of drug-likeness (QED) is 0.840. The number of aromatic nitrogens is 2. The maximum atomic E-state index is 12.8. The fourth-order valence-electron chi connectivity index (χ4n) is 3.48. The molecule has 0 saturated carbocycles. The van der Waals surface area contributed by atoms with Gasteiger partial charge in [0.25, 0.3) is 0 Å². The number of morpholine rings is 1. The number of hydrogen-bond donors (Lipinski definition) is 0. The molecule has 1 amide bonds. The molecule has 0 aliphatic carbocycles. The summed E-state index contributed by atoms with van der Waals surface area (Å²) >= 11 is 0. The first-order chi connectivity index (χ1) is 12.3. The van der Waals surface area contributed by atoms with Gasteiger partial charge in [0.1, 0.15) is 0 Å². The van der Waals surface area contributed by atoms with E-state index in [1.54, 1.807) is 0 Å². The fourth-order valence-corrected chi connectivity index (χ4v) is 3.48. The number of ether oxygens (including phenoxy) is 1. The molecular weight excluding hydrogens is 320 g/mol. The summed E-state index contributed by atoms with van der Waals surface area (Å²) in [6.45, 7) is 4.01. The first-order valence-electron chi connectivity index (χ1n) is 8.79. The van der Waals surface area contributed by atoms with Crippen LogP contribution in [-0.2, 0) is 16.1 Å². The summed E-state index contributed by atoms with van der Waals surface area (Å²) in [7, 11) is 0. The van der Waals surface area contributed by atoms with Crippen LogP contribution in [0.5, 0.6) is 0 Å². The summed E-state index contributed by atoms with van der Waals surface area (Å²) in [5, 5.41) is 8.29. The van der Waals surface area contributed by atoms with Gasteiger partial charge in [-0.15, -0.1) is 10.2 Å². The summed E-state index contributed by atoms with van der Waals surface area (Å²) in [5.41, 5.74) is 0.906. The largest absolute Gasteiger partial charge is 0.419 e. The highest BCUT2D eigenvalue weighted by Gasteiger charge is 2.35. The van der Waals surface area contributed by atoms with E-state index in [4.69, 9.17) is 9.15 Å². The van der Waals surface area contributed by atoms with E-state index in [0.29, 0.717) is 44.6 Å². The van der Waals surface area contributed by atoms with E-state index in [0.717, 1.165) is 24.9 Å². The van der Waals surface area contributed by atoms with Crippen LogP contribution in [0, 0.1) is 0 Å². The predicted molar refractivity (Wildman–Crippen MR) is 90.6 cm³/mol. The lowest BCUT2D eigenvalue weighted by molar-refractivity contribution is -0.140. The van der Waals surface area contributed by atoms with Crippen LogP contribution in [0.3, 0.4) is 0 Å². The fraction of sp³-hybridized carbons (Fsp3) is 0.500.